The van der Waals surface area contributed by atoms with Gasteiger partial charge in [0.1, 0.15) is 15.9 Å². The molecule has 2 aromatic rings. The summed E-state index contributed by atoms with van der Waals surface area (Å²) in [7, 11) is -0.244. The van der Waals surface area contributed by atoms with Gasteiger partial charge in [-0.15, -0.1) is 0 Å². The van der Waals surface area contributed by atoms with Crippen molar-refractivity contribution in [3.8, 4) is 0 Å². The first kappa shape index (κ1) is 16.7. The monoisotopic (exact) mass is 343 g/mol. The van der Waals surface area contributed by atoms with Crippen LogP contribution in [0.25, 0.3) is 0 Å². The molecule has 0 fully saturated rings. The molecule has 2 heterocycles. The summed E-state index contributed by atoms with van der Waals surface area (Å²) in [6, 6.07) is 5.56. The zero-order valence-corrected chi connectivity index (χ0v) is 14.2. The Morgan fingerprint density at radius 2 is 2.14 bits per heavy atom. The number of aromatic nitrogens is 3. The number of anilines is 1. The van der Waals surface area contributed by atoms with Gasteiger partial charge in [-0.3, -0.25) is 4.68 Å². The van der Waals surface area contributed by atoms with Crippen molar-refractivity contribution < 1.29 is 8.42 Å². The second-order valence-electron chi connectivity index (χ2n) is 4.84. The maximum Gasteiger partial charge on any atom is 0.245 e. The molecule has 0 saturated carbocycles. The molecule has 0 saturated heterocycles. The van der Waals surface area contributed by atoms with Crippen LogP contribution in [-0.4, -0.2) is 43.3 Å². The molecule has 0 unspecified atom stereocenters. The number of sulfonamides is 1. The van der Waals surface area contributed by atoms with Crippen LogP contribution in [0, 0.1) is 6.92 Å². The second-order valence-corrected chi connectivity index (χ2v) is 6.90. The van der Waals surface area contributed by atoms with Gasteiger partial charge in [-0.1, -0.05) is 17.7 Å². The third kappa shape index (κ3) is 3.57. The van der Waals surface area contributed by atoms with Crippen molar-refractivity contribution in [2.45, 2.75) is 11.8 Å². The van der Waals surface area contributed by atoms with E-state index in [0.29, 0.717) is 12.2 Å². The first-order chi connectivity index (χ1) is 10.3. The Hall–Kier alpha value is -1.64. The van der Waals surface area contributed by atoms with Crippen molar-refractivity contribution >= 4 is 27.4 Å². The van der Waals surface area contributed by atoms with Crippen molar-refractivity contribution in [1.29, 1.82) is 0 Å². The van der Waals surface area contributed by atoms with Gasteiger partial charge in [-0.25, -0.2) is 18.1 Å². The molecule has 0 aromatic carbocycles. The van der Waals surface area contributed by atoms with Gasteiger partial charge in [-0.2, -0.15) is 5.10 Å². The molecule has 120 valence electrons. The molecule has 0 aliphatic rings. The number of halogens is 1. The molecule has 9 heteroatoms. The van der Waals surface area contributed by atoms with Gasteiger partial charge >= 0.3 is 0 Å². The summed E-state index contributed by atoms with van der Waals surface area (Å²) < 4.78 is 28.5. The lowest BCUT2D eigenvalue weighted by Gasteiger charge is -2.18. The molecule has 2 aromatic heterocycles. The fraction of sp³-hybridized carbons (Fsp3) is 0.385. The predicted molar refractivity (Wildman–Crippen MR) is 85.7 cm³/mol. The van der Waals surface area contributed by atoms with E-state index in [-0.39, 0.29) is 16.6 Å². The first-order valence-electron chi connectivity index (χ1n) is 6.64. The van der Waals surface area contributed by atoms with Crippen LogP contribution in [0.3, 0.4) is 0 Å². The molecule has 7 nitrogen and oxygen atoms in total. The molecule has 0 aliphatic carbocycles. The zero-order valence-electron chi connectivity index (χ0n) is 12.6. The van der Waals surface area contributed by atoms with E-state index in [9.17, 15) is 8.42 Å². The number of pyridine rings is 1. The van der Waals surface area contributed by atoms with E-state index in [1.54, 1.807) is 20.2 Å². The molecule has 0 aliphatic heterocycles. The molecule has 0 radical (unpaired) electrons. The third-order valence-corrected chi connectivity index (χ3v) is 5.30. The van der Waals surface area contributed by atoms with Gasteiger partial charge in [-0.05, 0) is 19.1 Å². The highest BCUT2D eigenvalue weighted by molar-refractivity contribution is 7.89. The molecular formula is C13H18ClN5O2S. The van der Waals surface area contributed by atoms with Crippen molar-refractivity contribution in [3.05, 3.63) is 35.2 Å². The fourth-order valence-corrected chi connectivity index (χ4v) is 3.80. The highest BCUT2D eigenvalue weighted by Gasteiger charge is 2.24. The van der Waals surface area contributed by atoms with Crippen LogP contribution < -0.4 is 9.62 Å². The minimum atomic E-state index is -3.69. The Morgan fingerprint density at radius 1 is 1.41 bits per heavy atom. The molecule has 1 N–H and O–H groups in total. The topological polar surface area (TPSA) is 80.1 Å². The molecule has 0 amide bonds. The van der Waals surface area contributed by atoms with E-state index in [4.69, 9.17) is 11.6 Å². The maximum atomic E-state index is 12.3. The highest BCUT2D eigenvalue weighted by atomic mass is 35.5. The normalized spacial score (nSPS) is 11.6. The number of rotatable bonds is 6. The molecule has 22 heavy (non-hydrogen) atoms. The number of nitrogens with zero attached hydrogens (tertiary/aromatic N) is 4. The summed E-state index contributed by atoms with van der Waals surface area (Å²) in [5, 5.41) is 4.11. The largest absolute Gasteiger partial charge is 0.358 e. The molecule has 0 atom stereocenters. The minimum Gasteiger partial charge on any atom is -0.358 e. The van der Waals surface area contributed by atoms with E-state index in [1.165, 1.54) is 4.68 Å². The highest BCUT2D eigenvalue weighted by Crippen LogP contribution is 2.23. The Morgan fingerprint density at radius 3 is 2.68 bits per heavy atom. The Kier molecular flexibility index (Phi) is 5.05. The van der Waals surface area contributed by atoms with Crippen LogP contribution in [-0.2, 0) is 17.1 Å². The standard InChI is InChI=1S/C13H18ClN5O2S/c1-10-12(13(14)19(3)17-10)22(20,21)16-8-9-18(2)11-6-4-5-7-15-11/h4-7,16H,8-9H2,1-3H3. The first-order valence-corrected chi connectivity index (χ1v) is 8.50. The smallest absolute Gasteiger partial charge is 0.245 e. The Bertz CT molecular complexity index is 745. The van der Waals surface area contributed by atoms with Crippen molar-refractivity contribution in [2.24, 2.45) is 7.05 Å². The average molecular weight is 344 g/mol. The summed E-state index contributed by atoms with van der Waals surface area (Å²) in [5.74, 6) is 0.775. The van der Waals surface area contributed by atoms with Crippen LogP contribution in [0.2, 0.25) is 5.15 Å². The van der Waals surface area contributed by atoms with Gasteiger partial charge in [0.05, 0.1) is 5.69 Å². The summed E-state index contributed by atoms with van der Waals surface area (Å²) in [4.78, 5) is 6.08. The van der Waals surface area contributed by atoms with E-state index < -0.39 is 10.0 Å². The van der Waals surface area contributed by atoms with Crippen LogP contribution >= 0.6 is 11.6 Å². The lowest BCUT2D eigenvalue weighted by molar-refractivity contribution is 0.581. The van der Waals surface area contributed by atoms with E-state index in [0.717, 1.165) is 5.82 Å². The SMILES string of the molecule is Cc1nn(C)c(Cl)c1S(=O)(=O)NCCN(C)c1ccccn1. The van der Waals surface area contributed by atoms with Crippen molar-refractivity contribution in [1.82, 2.24) is 19.5 Å². The quantitative estimate of drug-likeness (QED) is 0.852. The minimum absolute atomic E-state index is 0.0251. The number of hydrogen-bond donors (Lipinski definition) is 1. The second kappa shape index (κ2) is 6.64. The number of likely N-dealkylation sites (N-methyl/N-ethyl adjacent to an activating group) is 1. The van der Waals surface area contributed by atoms with E-state index in [2.05, 4.69) is 14.8 Å². The van der Waals surface area contributed by atoms with Gasteiger partial charge in [0, 0.05) is 33.4 Å². The van der Waals surface area contributed by atoms with Crippen LogP contribution in [0.1, 0.15) is 5.69 Å². The number of nitrogens with one attached hydrogen (secondary N) is 1. The number of hydrogen-bond acceptors (Lipinski definition) is 5. The molecular weight excluding hydrogens is 326 g/mol. The Balaban J connectivity index is 2.02. The van der Waals surface area contributed by atoms with Gasteiger partial charge < -0.3 is 4.90 Å². The van der Waals surface area contributed by atoms with E-state index >= 15 is 0 Å². The fourth-order valence-electron chi connectivity index (χ4n) is 2.03. The van der Waals surface area contributed by atoms with Gasteiger partial charge in [0.2, 0.25) is 10.0 Å². The summed E-state index contributed by atoms with van der Waals surface area (Å²) >= 11 is 6.00. The van der Waals surface area contributed by atoms with E-state index in [1.807, 2.05) is 30.1 Å². The summed E-state index contributed by atoms with van der Waals surface area (Å²) in [6.45, 7) is 2.33. The van der Waals surface area contributed by atoms with Gasteiger partial charge in [0.15, 0.2) is 0 Å². The maximum absolute atomic E-state index is 12.3. The van der Waals surface area contributed by atoms with Gasteiger partial charge in [0.25, 0.3) is 0 Å². The molecule has 0 spiro atoms. The number of aryl methyl sites for hydroxylation is 2. The van der Waals surface area contributed by atoms with Crippen molar-refractivity contribution in [2.75, 3.05) is 25.0 Å². The lowest BCUT2D eigenvalue weighted by atomic mass is 10.4. The summed E-state index contributed by atoms with van der Waals surface area (Å²) in [5.41, 5.74) is 0.373. The van der Waals surface area contributed by atoms with Crippen molar-refractivity contribution in [3.63, 3.8) is 0 Å². The summed E-state index contributed by atoms with van der Waals surface area (Å²) in [6.07, 6.45) is 1.69. The zero-order chi connectivity index (χ0) is 16.3. The predicted octanol–water partition coefficient (Wildman–Crippen LogP) is 1.19. The van der Waals surface area contributed by atoms with Crippen LogP contribution in [0.15, 0.2) is 29.3 Å². The molecule has 0 bridgehead atoms. The van der Waals surface area contributed by atoms with Crippen LogP contribution in [0.5, 0.6) is 0 Å². The average Bonchev–Trinajstić information content (AvgIpc) is 2.73. The van der Waals surface area contributed by atoms with Crippen LogP contribution in [0.4, 0.5) is 5.82 Å². The Labute approximate surface area is 135 Å². The molecule has 2 rings (SSSR count). The lowest BCUT2D eigenvalue weighted by Crippen LogP contribution is -2.33. The third-order valence-electron chi connectivity index (χ3n) is 3.15.